The number of aromatic nitrogens is 2. The van der Waals surface area contributed by atoms with E-state index >= 15 is 0 Å². The van der Waals surface area contributed by atoms with Crippen LogP contribution >= 0.6 is 0 Å². The van der Waals surface area contributed by atoms with E-state index < -0.39 is 0 Å². The zero-order valence-electron chi connectivity index (χ0n) is 8.65. The van der Waals surface area contributed by atoms with Gasteiger partial charge in [-0.1, -0.05) is 0 Å². The second-order valence-corrected chi connectivity index (χ2v) is 3.90. The number of rotatable bonds is 3. The lowest BCUT2D eigenvalue weighted by Crippen LogP contribution is -2.28. The van der Waals surface area contributed by atoms with Gasteiger partial charge in [0, 0.05) is 30.9 Å². The zero-order chi connectivity index (χ0) is 10.7. The Hall–Kier alpha value is -1.20. The quantitative estimate of drug-likeness (QED) is 0.699. The van der Waals surface area contributed by atoms with Crippen molar-refractivity contribution in [3.05, 3.63) is 28.4 Å². The van der Waals surface area contributed by atoms with Crippen LogP contribution in [0, 0.1) is 0 Å². The molecule has 0 saturated carbocycles. The molecule has 5 nitrogen and oxygen atoms in total. The SMILES string of the molecule is NCc1cn(CC2CCCN2)cnc1=O. The Morgan fingerprint density at radius 1 is 1.67 bits per heavy atom. The lowest BCUT2D eigenvalue weighted by Gasteiger charge is -2.12. The molecule has 1 aliphatic rings. The molecule has 15 heavy (non-hydrogen) atoms. The molecule has 2 rings (SSSR count). The molecule has 1 unspecified atom stereocenters. The summed E-state index contributed by atoms with van der Waals surface area (Å²) in [6.07, 6.45) is 5.79. The fourth-order valence-electron chi connectivity index (χ4n) is 1.91. The summed E-state index contributed by atoms with van der Waals surface area (Å²) >= 11 is 0. The molecule has 0 spiro atoms. The first-order chi connectivity index (χ1) is 7.29. The number of hydrogen-bond acceptors (Lipinski definition) is 4. The number of nitrogens with two attached hydrogens (primary N) is 1. The van der Waals surface area contributed by atoms with Crippen molar-refractivity contribution in [2.24, 2.45) is 5.73 Å². The van der Waals surface area contributed by atoms with Gasteiger partial charge in [-0.3, -0.25) is 4.79 Å². The van der Waals surface area contributed by atoms with E-state index in [2.05, 4.69) is 10.3 Å². The molecule has 0 bridgehead atoms. The van der Waals surface area contributed by atoms with Crippen molar-refractivity contribution in [3.63, 3.8) is 0 Å². The summed E-state index contributed by atoms with van der Waals surface area (Å²) in [7, 11) is 0. The van der Waals surface area contributed by atoms with Gasteiger partial charge in [-0.2, -0.15) is 4.98 Å². The van der Waals surface area contributed by atoms with Crippen LogP contribution in [0.3, 0.4) is 0 Å². The van der Waals surface area contributed by atoms with Gasteiger partial charge in [-0.25, -0.2) is 0 Å². The summed E-state index contributed by atoms with van der Waals surface area (Å²) < 4.78 is 1.94. The van der Waals surface area contributed by atoms with Crippen LogP contribution in [0.1, 0.15) is 18.4 Å². The Kier molecular flexibility index (Phi) is 3.13. The third-order valence-electron chi connectivity index (χ3n) is 2.73. The fourth-order valence-corrected chi connectivity index (χ4v) is 1.91. The Morgan fingerprint density at radius 3 is 3.20 bits per heavy atom. The number of nitrogens with one attached hydrogen (secondary N) is 1. The van der Waals surface area contributed by atoms with Crippen molar-refractivity contribution in [2.75, 3.05) is 6.54 Å². The maximum Gasteiger partial charge on any atom is 0.277 e. The Bertz CT molecular complexity index is 381. The fraction of sp³-hybridized carbons (Fsp3) is 0.600. The highest BCUT2D eigenvalue weighted by Gasteiger charge is 2.14. The summed E-state index contributed by atoms with van der Waals surface area (Å²) in [5.41, 5.74) is 5.82. The van der Waals surface area contributed by atoms with Crippen molar-refractivity contribution in [3.8, 4) is 0 Å². The van der Waals surface area contributed by atoms with E-state index in [-0.39, 0.29) is 12.1 Å². The lowest BCUT2D eigenvalue weighted by atomic mass is 10.2. The van der Waals surface area contributed by atoms with E-state index in [0.29, 0.717) is 11.6 Å². The third-order valence-corrected chi connectivity index (χ3v) is 2.73. The van der Waals surface area contributed by atoms with Gasteiger partial charge in [0.15, 0.2) is 0 Å². The Morgan fingerprint density at radius 2 is 2.53 bits per heavy atom. The smallest absolute Gasteiger partial charge is 0.277 e. The van der Waals surface area contributed by atoms with Gasteiger partial charge in [0.1, 0.15) is 0 Å². The summed E-state index contributed by atoms with van der Waals surface area (Å²) in [6, 6.07) is 0.500. The molecule has 0 radical (unpaired) electrons. The van der Waals surface area contributed by atoms with Crippen molar-refractivity contribution in [2.45, 2.75) is 32.0 Å². The summed E-state index contributed by atoms with van der Waals surface area (Å²) in [5.74, 6) is 0. The molecular formula is C10H16N4O. The van der Waals surface area contributed by atoms with Crippen LogP contribution in [0.2, 0.25) is 0 Å². The molecule has 0 aliphatic carbocycles. The topological polar surface area (TPSA) is 72.9 Å². The van der Waals surface area contributed by atoms with Crippen LogP contribution in [-0.4, -0.2) is 22.1 Å². The van der Waals surface area contributed by atoms with Crippen LogP contribution < -0.4 is 16.6 Å². The molecular weight excluding hydrogens is 192 g/mol. The van der Waals surface area contributed by atoms with Crippen molar-refractivity contribution in [1.29, 1.82) is 0 Å². The number of hydrogen-bond donors (Lipinski definition) is 2. The normalized spacial score (nSPS) is 20.7. The van der Waals surface area contributed by atoms with Gasteiger partial charge < -0.3 is 15.6 Å². The van der Waals surface area contributed by atoms with E-state index in [9.17, 15) is 4.79 Å². The molecule has 2 heterocycles. The summed E-state index contributed by atoms with van der Waals surface area (Å²) in [4.78, 5) is 15.0. The second kappa shape index (κ2) is 4.55. The molecule has 1 aromatic heterocycles. The molecule has 1 atom stereocenters. The van der Waals surface area contributed by atoms with Gasteiger partial charge in [0.2, 0.25) is 0 Å². The standard InChI is InChI=1S/C10H16N4O/c11-4-8-5-14(7-13-10(8)15)6-9-2-1-3-12-9/h5,7,9,12H,1-4,6,11H2. The molecule has 3 N–H and O–H groups in total. The first-order valence-electron chi connectivity index (χ1n) is 5.28. The molecule has 1 aliphatic heterocycles. The summed E-state index contributed by atoms with van der Waals surface area (Å²) in [5, 5.41) is 3.40. The van der Waals surface area contributed by atoms with Crippen LogP contribution in [0.15, 0.2) is 17.3 Å². The number of nitrogens with zero attached hydrogens (tertiary/aromatic N) is 2. The van der Waals surface area contributed by atoms with E-state index in [1.54, 1.807) is 12.5 Å². The van der Waals surface area contributed by atoms with Gasteiger partial charge >= 0.3 is 0 Å². The lowest BCUT2D eigenvalue weighted by molar-refractivity contribution is 0.500. The van der Waals surface area contributed by atoms with Gasteiger partial charge in [0.05, 0.1) is 6.33 Å². The minimum atomic E-state index is -0.215. The van der Waals surface area contributed by atoms with E-state index in [4.69, 9.17) is 5.73 Å². The van der Waals surface area contributed by atoms with Crippen LogP contribution in [-0.2, 0) is 13.1 Å². The first-order valence-corrected chi connectivity index (χ1v) is 5.28. The monoisotopic (exact) mass is 208 g/mol. The predicted molar refractivity (Wildman–Crippen MR) is 57.4 cm³/mol. The van der Waals surface area contributed by atoms with Crippen molar-refractivity contribution >= 4 is 0 Å². The van der Waals surface area contributed by atoms with Crippen LogP contribution in [0.5, 0.6) is 0 Å². The summed E-state index contributed by atoms with van der Waals surface area (Å²) in [6.45, 7) is 2.20. The highest BCUT2D eigenvalue weighted by atomic mass is 16.1. The molecule has 1 aromatic rings. The van der Waals surface area contributed by atoms with Crippen LogP contribution in [0.25, 0.3) is 0 Å². The highest BCUT2D eigenvalue weighted by Crippen LogP contribution is 2.06. The molecule has 0 aromatic carbocycles. The van der Waals surface area contributed by atoms with Crippen LogP contribution in [0.4, 0.5) is 0 Å². The van der Waals surface area contributed by atoms with Gasteiger partial charge in [-0.15, -0.1) is 0 Å². The Labute approximate surface area is 88.3 Å². The third kappa shape index (κ3) is 2.43. The highest BCUT2D eigenvalue weighted by molar-refractivity contribution is 5.03. The molecule has 1 fully saturated rings. The maximum absolute atomic E-state index is 11.2. The average molecular weight is 208 g/mol. The van der Waals surface area contributed by atoms with E-state index in [1.807, 2.05) is 4.57 Å². The van der Waals surface area contributed by atoms with Gasteiger partial charge in [-0.05, 0) is 19.4 Å². The molecule has 0 amide bonds. The van der Waals surface area contributed by atoms with Gasteiger partial charge in [0.25, 0.3) is 5.56 Å². The Balaban J connectivity index is 2.11. The minimum Gasteiger partial charge on any atom is -0.337 e. The molecule has 82 valence electrons. The predicted octanol–water partition coefficient (Wildman–Crippen LogP) is -0.546. The van der Waals surface area contributed by atoms with Crippen molar-refractivity contribution < 1.29 is 0 Å². The second-order valence-electron chi connectivity index (χ2n) is 3.90. The van der Waals surface area contributed by atoms with E-state index in [1.165, 1.54) is 12.8 Å². The zero-order valence-corrected chi connectivity index (χ0v) is 8.65. The first kappa shape index (κ1) is 10.3. The maximum atomic E-state index is 11.2. The average Bonchev–Trinajstić information content (AvgIpc) is 2.73. The van der Waals surface area contributed by atoms with Crippen molar-refractivity contribution in [1.82, 2.24) is 14.9 Å². The molecule has 1 saturated heterocycles. The molecule has 5 heteroatoms. The minimum absolute atomic E-state index is 0.215. The largest absolute Gasteiger partial charge is 0.337 e. The van der Waals surface area contributed by atoms with E-state index in [0.717, 1.165) is 13.1 Å².